The van der Waals surface area contributed by atoms with Crippen LogP contribution in [-0.4, -0.2) is 20.5 Å². The fourth-order valence-electron chi connectivity index (χ4n) is 2.78. The van der Waals surface area contributed by atoms with Gasteiger partial charge in [0.15, 0.2) is 0 Å². The number of hydrogen-bond donors (Lipinski definition) is 1. The number of fused-ring (bicyclic) bond motifs is 1. The van der Waals surface area contributed by atoms with Gasteiger partial charge in [-0.1, -0.05) is 12.1 Å². The molecule has 0 aliphatic heterocycles. The van der Waals surface area contributed by atoms with E-state index < -0.39 is 5.97 Å². The molecule has 3 aromatic rings. The highest BCUT2D eigenvalue weighted by molar-refractivity contribution is 5.71. The molecule has 0 aliphatic carbocycles. The highest BCUT2D eigenvalue weighted by Crippen LogP contribution is 2.27. The van der Waals surface area contributed by atoms with E-state index in [4.69, 9.17) is 10.1 Å². The molecule has 4 heteroatoms. The molecule has 0 fully saturated rings. The molecule has 0 amide bonds. The largest absolute Gasteiger partial charge is 0.481 e. The summed E-state index contributed by atoms with van der Waals surface area (Å²) in [4.78, 5) is 15.8. The van der Waals surface area contributed by atoms with E-state index >= 15 is 0 Å². The highest BCUT2D eigenvalue weighted by atomic mass is 16.4. The fourth-order valence-corrected chi connectivity index (χ4v) is 2.78. The molecule has 118 valence electrons. The topological polar surface area (TPSA) is 54.6 Å². The summed E-state index contributed by atoms with van der Waals surface area (Å²) in [6, 6.07) is 10.3. The molecule has 0 unspecified atom stereocenters. The second-order valence-electron chi connectivity index (χ2n) is 6.03. The maximum atomic E-state index is 11.0. The molecule has 0 spiro atoms. The zero-order valence-electron chi connectivity index (χ0n) is 13.6. The number of pyridine rings is 1. The number of nitrogens with zero attached hydrogens (tertiary/aromatic N) is 2. The molecule has 2 aromatic heterocycles. The number of hydrogen-bond acceptors (Lipinski definition) is 2. The number of carboxylic acids is 1. The van der Waals surface area contributed by atoms with Gasteiger partial charge < -0.3 is 9.51 Å². The van der Waals surface area contributed by atoms with Crippen LogP contribution in [-0.2, 0) is 11.2 Å². The summed E-state index contributed by atoms with van der Waals surface area (Å²) in [6.45, 7) is 6.19. The zero-order chi connectivity index (χ0) is 16.6. The van der Waals surface area contributed by atoms with Crippen molar-refractivity contribution in [3.63, 3.8) is 0 Å². The number of aryl methyl sites for hydroxylation is 4. The summed E-state index contributed by atoms with van der Waals surface area (Å²) < 4.78 is 2.00. The van der Waals surface area contributed by atoms with E-state index in [-0.39, 0.29) is 6.42 Å². The predicted molar refractivity (Wildman–Crippen MR) is 90.8 cm³/mol. The summed E-state index contributed by atoms with van der Waals surface area (Å²) in [5.41, 5.74) is 7.30. The fraction of sp³-hybridized carbons (Fsp3) is 0.263. The van der Waals surface area contributed by atoms with Crippen LogP contribution in [0.25, 0.3) is 16.9 Å². The van der Waals surface area contributed by atoms with Gasteiger partial charge in [-0.05, 0) is 55.7 Å². The Morgan fingerprint density at radius 2 is 1.91 bits per heavy atom. The van der Waals surface area contributed by atoms with Crippen molar-refractivity contribution in [2.45, 2.75) is 33.6 Å². The molecule has 3 rings (SSSR count). The maximum absolute atomic E-state index is 11.0. The first-order valence-electron chi connectivity index (χ1n) is 7.72. The third-order valence-electron chi connectivity index (χ3n) is 4.24. The van der Waals surface area contributed by atoms with Crippen molar-refractivity contribution in [3.05, 3.63) is 58.9 Å². The van der Waals surface area contributed by atoms with E-state index in [0.29, 0.717) is 6.42 Å². The summed E-state index contributed by atoms with van der Waals surface area (Å²) >= 11 is 0. The van der Waals surface area contributed by atoms with Crippen LogP contribution in [0.1, 0.15) is 28.8 Å². The lowest BCUT2D eigenvalue weighted by Crippen LogP contribution is -2.01. The molecular weight excluding hydrogens is 288 g/mol. The highest BCUT2D eigenvalue weighted by Gasteiger charge is 2.15. The molecule has 2 heterocycles. The molecule has 0 bridgehead atoms. The Hall–Kier alpha value is -2.62. The van der Waals surface area contributed by atoms with E-state index in [9.17, 15) is 4.79 Å². The number of carboxylic acid groups (broad SMARTS) is 1. The summed E-state index contributed by atoms with van der Waals surface area (Å²) in [5, 5.41) is 9.04. The zero-order valence-corrected chi connectivity index (χ0v) is 13.6. The van der Waals surface area contributed by atoms with E-state index in [2.05, 4.69) is 32.0 Å². The molecule has 0 saturated carbocycles. The molecule has 0 radical (unpaired) electrons. The standard InChI is InChI=1S/C19H20N2O2/c1-12-8-9-21-16(6-7-18(22)23)19(20-17(21)10-12)15-5-4-13(2)14(3)11-15/h4-5,8-11H,6-7H2,1-3H3,(H,22,23). The van der Waals surface area contributed by atoms with Crippen molar-refractivity contribution in [1.82, 2.24) is 9.38 Å². The van der Waals surface area contributed by atoms with E-state index in [1.165, 1.54) is 11.1 Å². The Balaban J connectivity index is 2.18. The Kier molecular flexibility index (Phi) is 3.90. The van der Waals surface area contributed by atoms with Gasteiger partial charge in [-0.3, -0.25) is 4.79 Å². The number of carbonyl (C=O) groups is 1. The smallest absolute Gasteiger partial charge is 0.303 e. The van der Waals surface area contributed by atoms with Gasteiger partial charge in [-0.15, -0.1) is 0 Å². The van der Waals surface area contributed by atoms with Crippen LogP contribution >= 0.6 is 0 Å². The van der Waals surface area contributed by atoms with E-state index in [1.807, 2.05) is 29.7 Å². The number of aromatic nitrogens is 2. The molecule has 0 saturated heterocycles. The summed E-state index contributed by atoms with van der Waals surface area (Å²) in [7, 11) is 0. The van der Waals surface area contributed by atoms with Gasteiger partial charge in [-0.25, -0.2) is 4.98 Å². The van der Waals surface area contributed by atoms with Crippen molar-refractivity contribution >= 4 is 11.6 Å². The van der Waals surface area contributed by atoms with Crippen molar-refractivity contribution in [2.75, 3.05) is 0 Å². The SMILES string of the molecule is Cc1ccn2c(CCC(=O)O)c(-c3ccc(C)c(C)c3)nc2c1. The van der Waals surface area contributed by atoms with Crippen LogP contribution < -0.4 is 0 Å². The summed E-state index contributed by atoms with van der Waals surface area (Å²) in [6.07, 6.45) is 2.53. The van der Waals surface area contributed by atoms with Crippen molar-refractivity contribution in [3.8, 4) is 11.3 Å². The van der Waals surface area contributed by atoms with Gasteiger partial charge in [0.05, 0.1) is 17.8 Å². The van der Waals surface area contributed by atoms with E-state index in [0.717, 1.165) is 28.2 Å². The average molecular weight is 308 g/mol. The van der Waals surface area contributed by atoms with Crippen LogP contribution in [0.15, 0.2) is 36.5 Å². The normalized spacial score (nSPS) is 11.1. The minimum atomic E-state index is -0.793. The van der Waals surface area contributed by atoms with Gasteiger partial charge in [0, 0.05) is 18.2 Å². The van der Waals surface area contributed by atoms with Gasteiger partial charge in [0.2, 0.25) is 0 Å². The Morgan fingerprint density at radius 3 is 2.61 bits per heavy atom. The molecule has 23 heavy (non-hydrogen) atoms. The molecule has 1 aromatic carbocycles. The Morgan fingerprint density at radius 1 is 1.13 bits per heavy atom. The van der Waals surface area contributed by atoms with E-state index in [1.54, 1.807) is 0 Å². The summed E-state index contributed by atoms with van der Waals surface area (Å²) in [5.74, 6) is -0.793. The van der Waals surface area contributed by atoms with Gasteiger partial charge in [0.1, 0.15) is 5.65 Å². The maximum Gasteiger partial charge on any atom is 0.303 e. The van der Waals surface area contributed by atoms with Crippen LogP contribution in [0.3, 0.4) is 0 Å². The van der Waals surface area contributed by atoms with Crippen molar-refractivity contribution in [2.24, 2.45) is 0 Å². The molecule has 1 N–H and O–H groups in total. The lowest BCUT2D eigenvalue weighted by Gasteiger charge is -2.06. The van der Waals surface area contributed by atoms with Crippen molar-refractivity contribution < 1.29 is 9.90 Å². The predicted octanol–water partition coefficient (Wildman–Crippen LogP) is 3.94. The quantitative estimate of drug-likeness (QED) is 0.794. The van der Waals surface area contributed by atoms with Crippen LogP contribution in [0.2, 0.25) is 0 Å². The van der Waals surface area contributed by atoms with Crippen LogP contribution in [0, 0.1) is 20.8 Å². The van der Waals surface area contributed by atoms with Gasteiger partial charge in [-0.2, -0.15) is 0 Å². The number of rotatable bonds is 4. The average Bonchev–Trinajstić information content (AvgIpc) is 2.85. The number of imidazole rings is 1. The lowest BCUT2D eigenvalue weighted by molar-refractivity contribution is -0.136. The van der Waals surface area contributed by atoms with Gasteiger partial charge in [0.25, 0.3) is 0 Å². The first-order valence-corrected chi connectivity index (χ1v) is 7.72. The Labute approximate surface area is 135 Å². The third-order valence-corrected chi connectivity index (χ3v) is 4.24. The third kappa shape index (κ3) is 2.97. The molecule has 0 aliphatic rings. The van der Waals surface area contributed by atoms with Gasteiger partial charge >= 0.3 is 5.97 Å². The Bertz CT molecular complexity index is 894. The minimum absolute atomic E-state index is 0.0967. The van der Waals surface area contributed by atoms with Crippen molar-refractivity contribution in [1.29, 1.82) is 0 Å². The first kappa shape index (κ1) is 15.3. The minimum Gasteiger partial charge on any atom is -0.481 e. The molecule has 4 nitrogen and oxygen atoms in total. The monoisotopic (exact) mass is 308 g/mol. The van der Waals surface area contributed by atoms with Crippen LogP contribution in [0.4, 0.5) is 0 Å². The molecule has 0 atom stereocenters. The first-order chi connectivity index (χ1) is 11.0. The second kappa shape index (κ2) is 5.88. The van der Waals surface area contributed by atoms with Crippen LogP contribution in [0.5, 0.6) is 0 Å². The molecular formula is C19H20N2O2. The lowest BCUT2D eigenvalue weighted by atomic mass is 10.0. The second-order valence-corrected chi connectivity index (χ2v) is 6.03. The number of benzene rings is 1. The number of aliphatic carboxylic acids is 1.